The highest BCUT2D eigenvalue weighted by atomic mass is 16.3. The van der Waals surface area contributed by atoms with E-state index in [2.05, 4.69) is 41.1 Å². The summed E-state index contributed by atoms with van der Waals surface area (Å²) in [4.78, 5) is 24.2. The quantitative estimate of drug-likeness (QED) is 0.378. The second-order valence-corrected chi connectivity index (χ2v) is 8.91. The molecule has 1 aliphatic heterocycles. The Morgan fingerprint density at radius 1 is 1.00 bits per heavy atom. The number of nitrogens with one attached hydrogen (secondary N) is 2. The lowest BCUT2D eigenvalue weighted by Crippen LogP contribution is -2.18. The van der Waals surface area contributed by atoms with Crippen LogP contribution in [0.3, 0.4) is 0 Å². The summed E-state index contributed by atoms with van der Waals surface area (Å²) in [5.74, 6) is 0.646. The number of imidazole rings is 1. The van der Waals surface area contributed by atoms with E-state index >= 15 is 0 Å². The normalized spacial score (nSPS) is 14.4. The Labute approximate surface area is 200 Å². The van der Waals surface area contributed by atoms with E-state index < -0.39 is 0 Å². The second kappa shape index (κ2) is 8.14. The summed E-state index contributed by atoms with van der Waals surface area (Å²) in [6.07, 6.45) is 13.3. The summed E-state index contributed by atoms with van der Waals surface area (Å²) < 4.78 is 5.27. The molecule has 6 aromatic rings. The SMILES string of the molecule is c1cc(-c2ccoc2)c2[nH]c(-c3n[nH]c4cnc(-c5cncc(CN6CCCC6)c5)cc34)nc2n1. The predicted molar refractivity (Wildman–Crippen MR) is 132 cm³/mol. The van der Waals surface area contributed by atoms with Crippen LogP contribution in [0.25, 0.3) is 56.0 Å². The van der Waals surface area contributed by atoms with Crippen LogP contribution in [0.15, 0.2) is 66.0 Å². The molecule has 0 bridgehead atoms. The largest absolute Gasteiger partial charge is 0.472 e. The first kappa shape index (κ1) is 20.0. The molecule has 0 radical (unpaired) electrons. The molecule has 1 saturated heterocycles. The van der Waals surface area contributed by atoms with E-state index in [-0.39, 0.29) is 0 Å². The number of furan rings is 1. The molecule has 1 fully saturated rings. The molecule has 172 valence electrons. The summed E-state index contributed by atoms with van der Waals surface area (Å²) in [7, 11) is 0. The van der Waals surface area contributed by atoms with Gasteiger partial charge in [0.1, 0.15) is 5.69 Å². The van der Waals surface area contributed by atoms with Crippen molar-refractivity contribution in [1.82, 2.24) is 40.0 Å². The summed E-state index contributed by atoms with van der Waals surface area (Å²) in [6.45, 7) is 3.23. The Bertz CT molecular complexity index is 1640. The topological polar surface area (TPSA) is 112 Å². The Hall–Kier alpha value is -4.37. The van der Waals surface area contributed by atoms with Gasteiger partial charge in [0.05, 0.1) is 35.5 Å². The number of aromatic nitrogens is 7. The molecule has 7 heterocycles. The molecule has 2 N–H and O–H groups in total. The van der Waals surface area contributed by atoms with E-state index in [9.17, 15) is 0 Å². The molecule has 0 amide bonds. The van der Waals surface area contributed by atoms with Gasteiger partial charge < -0.3 is 9.40 Å². The molecule has 0 atom stereocenters. The number of fused-ring (bicyclic) bond motifs is 2. The van der Waals surface area contributed by atoms with E-state index in [0.717, 1.165) is 64.1 Å². The minimum Gasteiger partial charge on any atom is -0.472 e. The zero-order valence-electron chi connectivity index (χ0n) is 18.9. The molecule has 0 saturated carbocycles. The smallest absolute Gasteiger partial charge is 0.178 e. The lowest BCUT2D eigenvalue weighted by atomic mass is 10.1. The van der Waals surface area contributed by atoms with Gasteiger partial charge in [-0.15, -0.1) is 0 Å². The Morgan fingerprint density at radius 3 is 2.83 bits per heavy atom. The van der Waals surface area contributed by atoms with Crippen molar-refractivity contribution in [3.8, 4) is 33.9 Å². The Balaban J connectivity index is 1.28. The van der Waals surface area contributed by atoms with Gasteiger partial charge in [0.25, 0.3) is 0 Å². The summed E-state index contributed by atoms with van der Waals surface area (Å²) in [5, 5.41) is 8.56. The monoisotopic (exact) mass is 462 g/mol. The third-order valence-corrected chi connectivity index (χ3v) is 6.59. The van der Waals surface area contributed by atoms with Crippen molar-refractivity contribution in [3.63, 3.8) is 0 Å². The van der Waals surface area contributed by atoms with Gasteiger partial charge in [-0.1, -0.05) is 0 Å². The van der Waals surface area contributed by atoms with Crippen molar-refractivity contribution in [2.75, 3.05) is 13.1 Å². The number of hydrogen-bond acceptors (Lipinski definition) is 7. The van der Waals surface area contributed by atoms with E-state index in [4.69, 9.17) is 9.40 Å². The number of likely N-dealkylation sites (tertiary alicyclic amines) is 1. The molecule has 7 rings (SSSR count). The van der Waals surface area contributed by atoms with Gasteiger partial charge in [0.15, 0.2) is 11.5 Å². The van der Waals surface area contributed by atoms with Crippen LogP contribution in [0, 0.1) is 0 Å². The maximum atomic E-state index is 5.27. The van der Waals surface area contributed by atoms with Crippen molar-refractivity contribution >= 4 is 22.1 Å². The molecular formula is C26H22N8O. The summed E-state index contributed by atoms with van der Waals surface area (Å²) in [6, 6.07) is 8.09. The van der Waals surface area contributed by atoms with Crippen LogP contribution in [0.5, 0.6) is 0 Å². The predicted octanol–water partition coefficient (Wildman–Crippen LogP) is 4.81. The number of rotatable bonds is 5. The van der Waals surface area contributed by atoms with Gasteiger partial charge in [0, 0.05) is 47.2 Å². The summed E-state index contributed by atoms with van der Waals surface area (Å²) >= 11 is 0. The van der Waals surface area contributed by atoms with Crippen molar-refractivity contribution in [2.45, 2.75) is 19.4 Å². The van der Waals surface area contributed by atoms with Gasteiger partial charge >= 0.3 is 0 Å². The van der Waals surface area contributed by atoms with Gasteiger partial charge in [-0.05, 0) is 55.8 Å². The maximum absolute atomic E-state index is 5.27. The first-order chi connectivity index (χ1) is 17.3. The number of nitrogens with zero attached hydrogens (tertiary/aromatic N) is 6. The fourth-order valence-electron chi connectivity index (χ4n) is 4.85. The van der Waals surface area contributed by atoms with E-state index in [0.29, 0.717) is 11.5 Å². The molecule has 0 aliphatic carbocycles. The van der Waals surface area contributed by atoms with Crippen LogP contribution >= 0.6 is 0 Å². The fourth-order valence-corrected chi connectivity index (χ4v) is 4.85. The third-order valence-electron chi connectivity index (χ3n) is 6.59. The number of pyridine rings is 3. The van der Waals surface area contributed by atoms with Crippen LogP contribution < -0.4 is 0 Å². The Morgan fingerprint density at radius 2 is 1.94 bits per heavy atom. The van der Waals surface area contributed by atoms with Crippen molar-refractivity contribution in [1.29, 1.82) is 0 Å². The molecule has 0 unspecified atom stereocenters. The summed E-state index contributed by atoms with van der Waals surface area (Å²) in [5.41, 5.74) is 8.02. The van der Waals surface area contributed by atoms with Crippen LogP contribution in [0.4, 0.5) is 0 Å². The van der Waals surface area contributed by atoms with Gasteiger partial charge in [-0.2, -0.15) is 5.10 Å². The molecule has 6 aromatic heterocycles. The molecule has 9 nitrogen and oxygen atoms in total. The van der Waals surface area contributed by atoms with Crippen LogP contribution in [0.2, 0.25) is 0 Å². The van der Waals surface area contributed by atoms with E-state index in [1.54, 1.807) is 18.7 Å². The van der Waals surface area contributed by atoms with Crippen LogP contribution in [0.1, 0.15) is 18.4 Å². The average Bonchev–Trinajstić information content (AvgIpc) is 3.70. The maximum Gasteiger partial charge on any atom is 0.178 e. The molecule has 35 heavy (non-hydrogen) atoms. The molecular weight excluding hydrogens is 440 g/mol. The van der Waals surface area contributed by atoms with E-state index in [1.165, 1.54) is 18.4 Å². The lowest BCUT2D eigenvalue weighted by molar-refractivity contribution is 0.331. The molecule has 0 spiro atoms. The number of aromatic amines is 2. The van der Waals surface area contributed by atoms with Gasteiger partial charge in [-0.3, -0.25) is 20.0 Å². The zero-order valence-corrected chi connectivity index (χ0v) is 18.9. The zero-order chi connectivity index (χ0) is 23.2. The minimum absolute atomic E-state index is 0.628. The first-order valence-electron chi connectivity index (χ1n) is 11.7. The van der Waals surface area contributed by atoms with E-state index in [1.807, 2.05) is 36.8 Å². The van der Waals surface area contributed by atoms with Crippen LogP contribution in [-0.2, 0) is 6.54 Å². The van der Waals surface area contributed by atoms with Crippen molar-refractivity contribution < 1.29 is 4.42 Å². The van der Waals surface area contributed by atoms with Gasteiger partial charge in [0.2, 0.25) is 0 Å². The molecule has 0 aromatic carbocycles. The molecule has 9 heteroatoms. The second-order valence-electron chi connectivity index (χ2n) is 8.91. The van der Waals surface area contributed by atoms with Gasteiger partial charge in [-0.25, -0.2) is 9.97 Å². The standard InChI is InChI=1S/C26H22N8O/c1-2-7-34(6-1)14-16-9-18(12-27-11-16)21-10-20-22(13-29-21)32-33-24(20)26-30-23-19(17-4-8-35-15-17)3-5-28-25(23)31-26/h3-5,8-13,15H,1-2,6-7,14H2,(H,32,33)(H,28,30,31). The third kappa shape index (κ3) is 3.57. The number of hydrogen-bond donors (Lipinski definition) is 2. The van der Waals surface area contributed by atoms with Crippen molar-refractivity contribution in [2.24, 2.45) is 0 Å². The number of H-pyrrole nitrogens is 2. The average molecular weight is 463 g/mol. The highest BCUT2D eigenvalue weighted by molar-refractivity contribution is 5.96. The fraction of sp³-hybridized carbons (Fsp3) is 0.192. The first-order valence-corrected chi connectivity index (χ1v) is 11.7. The minimum atomic E-state index is 0.628. The van der Waals surface area contributed by atoms with Crippen LogP contribution in [-0.4, -0.2) is 53.1 Å². The van der Waals surface area contributed by atoms with Crippen molar-refractivity contribution in [3.05, 3.63) is 67.1 Å². The highest BCUT2D eigenvalue weighted by Gasteiger charge is 2.17. The Kier molecular flexibility index (Phi) is 4.66. The lowest BCUT2D eigenvalue weighted by Gasteiger charge is -2.14. The molecule has 1 aliphatic rings. The highest BCUT2D eigenvalue weighted by Crippen LogP contribution is 2.32.